The zero-order valence-corrected chi connectivity index (χ0v) is 17.2. The third-order valence-electron chi connectivity index (χ3n) is 4.15. The number of carbonyl (C=O) groups excluding carboxylic acids is 1. The molecule has 0 aliphatic carbocycles. The van der Waals surface area contributed by atoms with Crippen molar-refractivity contribution in [1.29, 1.82) is 0 Å². The summed E-state index contributed by atoms with van der Waals surface area (Å²) in [5, 5.41) is 3.43. The molecule has 3 N–H and O–H groups in total. The van der Waals surface area contributed by atoms with Crippen LogP contribution in [0.25, 0.3) is 0 Å². The number of benzene rings is 1. The first-order valence-electron chi connectivity index (χ1n) is 8.15. The molecule has 0 atom stereocenters. The number of pyridine rings is 1. The van der Waals surface area contributed by atoms with Gasteiger partial charge < -0.3 is 15.7 Å². The number of aromatic nitrogens is 1. The van der Waals surface area contributed by atoms with Crippen molar-refractivity contribution in [3.63, 3.8) is 0 Å². The fourth-order valence-electron chi connectivity index (χ4n) is 2.78. The summed E-state index contributed by atoms with van der Waals surface area (Å²) in [6, 6.07) is 13.3. The van der Waals surface area contributed by atoms with Crippen LogP contribution >= 0.6 is 36.4 Å². The number of rotatable bonds is 5. The van der Waals surface area contributed by atoms with Crippen LogP contribution in [0.2, 0.25) is 5.02 Å². The minimum absolute atomic E-state index is 0. The van der Waals surface area contributed by atoms with Crippen molar-refractivity contribution in [1.82, 2.24) is 9.88 Å². The van der Waals surface area contributed by atoms with E-state index in [2.05, 4.69) is 20.1 Å². The Morgan fingerprint density at radius 1 is 1.04 bits per heavy atom. The normalized spacial score (nSPS) is 13.6. The number of piperazine rings is 1. The molecule has 1 aliphatic rings. The van der Waals surface area contributed by atoms with Crippen LogP contribution < -0.4 is 10.2 Å². The van der Waals surface area contributed by atoms with Gasteiger partial charge in [-0.3, -0.25) is 9.69 Å². The number of carbonyl (C=O) groups is 1. The molecule has 1 aliphatic heterocycles. The summed E-state index contributed by atoms with van der Waals surface area (Å²) in [6.45, 7) is 4.50. The molecule has 1 aromatic heterocycles. The number of nitrogens with zero attached hydrogens (tertiary/aromatic N) is 3. The van der Waals surface area contributed by atoms with Crippen molar-refractivity contribution < 1.29 is 10.3 Å². The lowest BCUT2D eigenvalue weighted by Crippen LogP contribution is -2.47. The predicted octanol–water partition coefficient (Wildman–Crippen LogP) is 2.90. The van der Waals surface area contributed by atoms with Gasteiger partial charge in [0.05, 0.1) is 10.7 Å². The summed E-state index contributed by atoms with van der Waals surface area (Å²) in [5.41, 5.74) is 0.670. The number of hydrogen-bond donors (Lipinski definition) is 1. The van der Waals surface area contributed by atoms with E-state index < -0.39 is 0 Å². The smallest absolute Gasteiger partial charge is 0.225 e. The second-order valence-corrected chi connectivity index (χ2v) is 6.20. The molecule has 27 heavy (non-hydrogen) atoms. The Balaban J connectivity index is 0.00000225. The molecule has 3 rings (SSSR count). The Labute approximate surface area is 177 Å². The summed E-state index contributed by atoms with van der Waals surface area (Å²) >= 11 is 6.05. The molecule has 2 heterocycles. The summed E-state index contributed by atoms with van der Waals surface area (Å²) < 4.78 is 0. The highest BCUT2D eigenvalue weighted by Gasteiger charge is 2.18. The molecule has 150 valence electrons. The number of nitrogens with one attached hydrogen (secondary N) is 1. The zero-order valence-electron chi connectivity index (χ0n) is 14.8. The van der Waals surface area contributed by atoms with Crippen LogP contribution in [0.5, 0.6) is 0 Å². The molecular weight excluding hydrogens is 411 g/mol. The van der Waals surface area contributed by atoms with Gasteiger partial charge in [-0.05, 0) is 24.3 Å². The molecule has 1 fully saturated rings. The Hall–Kier alpha value is -1.57. The second kappa shape index (κ2) is 12.8. The van der Waals surface area contributed by atoms with E-state index in [4.69, 9.17) is 11.6 Å². The summed E-state index contributed by atoms with van der Waals surface area (Å²) in [5.74, 6) is 1.02. The van der Waals surface area contributed by atoms with E-state index in [0.717, 1.165) is 38.5 Å². The molecule has 6 nitrogen and oxygen atoms in total. The number of amides is 1. The van der Waals surface area contributed by atoms with Gasteiger partial charge in [-0.15, -0.1) is 24.8 Å². The van der Waals surface area contributed by atoms with Crippen molar-refractivity contribution in [3.05, 3.63) is 53.7 Å². The summed E-state index contributed by atoms with van der Waals surface area (Å²) in [7, 11) is 0. The molecule has 2 aromatic rings. The van der Waals surface area contributed by atoms with Gasteiger partial charge in [0.15, 0.2) is 0 Å². The molecule has 0 saturated carbocycles. The standard InChI is InChI=1S/C18H21ClN4O.2ClH.H2O/c19-15-5-1-2-6-16(15)21-18(24)8-10-22-11-13-23(14-12-22)17-7-3-4-9-20-17;;;/h1-7,9H,8,10-14H2,(H,21,24);2*1H;1H2. The van der Waals surface area contributed by atoms with E-state index in [1.54, 1.807) is 6.07 Å². The fraction of sp³-hybridized carbons (Fsp3) is 0.333. The zero-order chi connectivity index (χ0) is 16.8. The minimum atomic E-state index is -0.00439. The molecule has 9 heteroatoms. The minimum Gasteiger partial charge on any atom is -0.412 e. The molecule has 0 unspecified atom stereocenters. The van der Waals surface area contributed by atoms with E-state index in [1.807, 2.05) is 42.6 Å². The van der Waals surface area contributed by atoms with Gasteiger partial charge >= 0.3 is 0 Å². The summed E-state index contributed by atoms with van der Waals surface area (Å²) in [4.78, 5) is 21.1. The topological polar surface area (TPSA) is 80.0 Å². The van der Waals surface area contributed by atoms with Gasteiger partial charge in [-0.2, -0.15) is 0 Å². The highest BCUT2D eigenvalue weighted by molar-refractivity contribution is 6.33. The molecule has 1 amide bonds. The molecule has 0 radical (unpaired) electrons. The lowest BCUT2D eigenvalue weighted by molar-refractivity contribution is -0.116. The van der Waals surface area contributed by atoms with Crippen LogP contribution in [0.3, 0.4) is 0 Å². The lowest BCUT2D eigenvalue weighted by Gasteiger charge is -2.35. The van der Waals surface area contributed by atoms with E-state index in [9.17, 15) is 4.79 Å². The van der Waals surface area contributed by atoms with E-state index in [1.165, 1.54) is 0 Å². The second-order valence-electron chi connectivity index (χ2n) is 5.79. The average Bonchev–Trinajstić information content (AvgIpc) is 2.63. The quantitative estimate of drug-likeness (QED) is 0.783. The van der Waals surface area contributed by atoms with E-state index in [-0.39, 0.29) is 36.2 Å². The third kappa shape index (κ3) is 7.52. The SMILES string of the molecule is Cl.Cl.O.O=C(CCN1CCN(c2ccccn2)CC1)Nc1ccccc1Cl. The highest BCUT2D eigenvalue weighted by Crippen LogP contribution is 2.20. The van der Waals surface area contributed by atoms with Crippen molar-refractivity contribution in [2.45, 2.75) is 6.42 Å². The van der Waals surface area contributed by atoms with Crippen LogP contribution in [-0.2, 0) is 4.79 Å². The maximum absolute atomic E-state index is 12.1. The van der Waals surface area contributed by atoms with Gasteiger partial charge in [0.2, 0.25) is 5.91 Å². The van der Waals surface area contributed by atoms with E-state index >= 15 is 0 Å². The first kappa shape index (κ1) is 25.4. The van der Waals surface area contributed by atoms with Crippen LogP contribution in [-0.4, -0.2) is 54.0 Å². The monoisotopic (exact) mass is 434 g/mol. The number of hydrogen-bond acceptors (Lipinski definition) is 4. The van der Waals surface area contributed by atoms with Gasteiger partial charge in [0, 0.05) is 45.3 Å². The molecule has 0 spiro atoms. The van der Waals surface area contributed by atoms with Gasteiger partial charge in [0.1, 0.15) is 5.82 Å². The van der Waals surface area contributed by atoms with Gasteiger partial charge in [-0.1, -0.05) is 29.8 Å². The van der Waals surface area contributed by atoms with Crippen LogP contribution in [0.1, 0.15) is 6.42 Å². The van der Waals surface area contributed by atoms with E-state index in [0.29, 0.717) is 17.1 Å². The number of halogens is 3. The fourth-order valence-corrected chi connectivity index (χ4v) is 2.96. The van der Waals surface area contributed by atoms with Crippen LogP contribution in [0, 0.1) is 0 Å². The number of para-hydroxylation sites is 1. The van der Waals surface area contributed by atoms with Crippen LogP contribution in [0.4, 0.5) is 11.5 Å². The third-order valence-corrected chi connectivity index (χ3v) is 4.48. The molecule has 1 saturated heterocycles. The first-order valence-corrected chi connectivity index (χ1v) is 8.53. The van der Waals surface area contributed by atoms with Crippen molar-refractivity contribution in [2.75, 3.05) is 42.9 Å². The molecular formula is C18H25Cl3N4O2. The number of anilines is 2. The van der Waals surface area contributed by atoms with Gasteiger partial charge in [0.25, 0.3) is 0 Å². The first-order chi connectivity index (χ1) is 11.7. The predicted molar refractivity (Wildman–Crippen MR) is 116 cm³/mol. The highest BCUT2D eigenvalue weighted by atomic mass is 35.5. The molecule has 0 bridgehead atoms. The summed E-state index contributed by atoms with van der Waals surface area (Å²) in [6.07, 6.45) is 2.29. The Morgan fingerprint density at radius 2 is 1.70 bits per heavy atom. The lowest BCUT2D eigenvalue weighted by atomic mass is 10.2. The largest absolute Gasteiger partial charge is 0.412 e. The average molecular weight is 436 g/mol. The van der Waals surface area contributed by atoms with Crippen LogP contribution in [0.15, 0.2) is 48.7 Å². The maximum atomic E-state index is 12.1. The Morgan fingerprint density at radius 3 is 2.33 bits per heavy atom. The maximum Gasteiger partial charge on any atom is 0.225 e. The Kier molecular flexibility index (Phi) is 12.0. The van der Waals surface area contributed by atoms with Crippen molar-refractivity contribution in [2.24, 2.45) is 0 Å². The molecule has 1 aromatic carbocycles. The van der Waals surface area contributed by atoms with Crippen molar-refractivity contribution in [3.8, 4) is 0 Å². The van der Waals surface area contributed by atoms with Crippen molar-refractivity contribution >= 4 is 53.8 Å². The Bertz CT molecular complexity index is 683. The van der Waals surface area contributed by atoms with Gasteiger partial charge in [-0.25, -0.2) is 4.98 Å².